The van der Waals surface area contributed by atoms with Crippen molar-refractivity contribution in [1.82, 2.24) is 15.1 Å². The number of carbonyl (C=O) groups excluding carboxylic acids is 1. The number of carbonyl (C=O) groups is 1. The van der Waals surface area contributed by atoms with Crippen molar-refractivity contribution >= 4 is 16.7 Å². The largest absolute Gasteiger partial charge is 0.348 e. The molecule has 0 unspecified atom stereocenters. The average molecular weight is 305 g/mol. The van der Waals surface area contributed by atoms with E-state index in [0.29, 0.717) is 16.5 Å². The molecule has 3 aromatic rings. The SMILES string of the molecule is O=C(NC1CC1)c1nn(-c2ccccc2)c(=O)c2ccccc12. The number of hydrogen-bond acceptors (Lipinski definition) is 3. The summed E-state index contributed by atoms with van der Waals surface area (Å²) in [5, 5.41) is 8.37. The Labute approximate surface area is 132 Å². The molecular weight excluding hydrogens is 290 g/mol. The van der Waals surface area contributed by atoms with E-state index in [9.17, 15) is 9.59 Å². The predicted molar refractivity (Wildman–Crippen MR) is 87.8 cm³/mol. The van der Waals surface area contributed by atoms with Crippen molar-refractivity contribution in [2.45, 2.75) is 18.9 Å². The van der Waals surface area contributed by atoms with Crippen molar-refractivity contribution in [3.8, 4) is 5.69 Å². The third-order valence-corrected chi connectivity index (χ3v) is 3.93. The van der Waals surface area contributed by atoms with Gasteiger partial charge in [-0.25, -0.2) is 0 Å². The lowest BCUT2D eigenvalue weighted by Gasteiger charge is -2.11. The van der Waals surface area contributed by atoms with Gasteiger partial charge in [-0.2, -0.15) is 9.78 Å². The Balaban J connectivity index is 1.95. The molecule has 114 valence electrons. The highest BCUT2D eigenvalue weighted by atomic mass is 16.2. The summed E-state index contributed by atoms with van der Waals surface area (Å²) < 4.78 is 1.30. The maximum absolute atomic E-state index is 12.7. The Bertz CT molecular complexity index is 943. The van der Waals surface area contributed by atoms with Crippen molar-refractivity contribution < 1.29 is 4.79 Å². The van der Waals surface area contributed by atoms with Crippen LogP contribution in [0.1, 0.15) is 23.3 Å². The number of amides is 1. The van der Waals surface area contributed by atoms with Gasteiger partial charge in [0.2, 0.25) is 0 Å². The van der Waals surface area contributed by atoms with E-state index < -0.39 is 0 Å². The van der Waals surface area contributed by atoms with Gasteiger partial charge in [0.15, 0.2) is 5.69 Å². The molecule has 23 heavy (non-hydrogen) atoms. The van der Waals surface area contributed by atoms with Crippen LogP contribution in [0.3, 0.4) is 0 Å². The highest BCUT2D eigenvalue weighted by Crippen LogP contribution is 2.21. The molecule has 0 spiro atoms. The van der Waals surface area contributed by atoms with Gasteiger partial charge in [0.1, 0.15) is 0 Å². The van der Waals surface area contributed by atoms with E-state index in [1.54, 1.807) is 30.3 Å². The fourth-order valence-electron chi connectivity index (χ4n) is 2.58. The summed E-state index contributed by atoms with van der Waals surface area (Å²) in [6.45, 7) is 0. The Morgan fingerprint density at radius 2 is 1.65 bits per heavy atom. The molecular formula is C18H15N3O2. The predicted octanol–water partition coefficient (Wildman–Crippen LogP) is 2.28. The van der Waals surface area contributed by atoms with Crippen LogP contribution in [-0.4, -0.2) is 21.7 Å². The Kier molecular flexibility index (Phi) is 3.19. The summed E-state index contributed by atoms with van der Waals surface area (Å²) in [5.41, 5.74) is 0.703. The normalized spacial score (nSPS) is 13.9. The monoisotopic (exact) mass is 305 g/mol. The van der Waals surface area contributed by atoms with E-state index >= 15 is 0 Å². The molecule has 1 aliphatic carbocycles. The van der Waals surface area contributed by atoms with Crippen LogP contribution in [-0.2, 0) is 0 Å². The van der Waals surface area contributed by atoms with E-state index in [4.69, 9.17) is 0 Å². The maximum atomic E-state index is 12.7. The van der Waals surface area contributed by atoms with Crippen molar-refractivity contribution in [3.63, 3.8) is 0 Å². The number of hydrogen-bond donors (Lipinski definition) is 1. The van der Waals surface area contributed by atoms with Crippen molar-refractivity contribution in [2.75, 3.05) is 0 Å². The van der Waals surface area contributed by atoms with Gasteiger partial charge in [-0.3, -0.25) is 9.59 Å². The van der Waals surface area contributed by atoms with Crippen LogP contribution in [0.15, 0.2) is 59.4 Å². The molecule has 1 aliphatic rings. The molecule has 0 atom stereocenters. The first-order chi connectivity index (χ1) is 11.2. The zero-order valence-electron chi connectivity index (χ0n) is 12.4. The van der Waals surface area contributed by atoms with Crippen molar-refractivity contribution in [2.24, 2.45) is 0 Å². The second kappa shape index (κ2) is 5.35. The number of fused-ring (bicyclic) bond motifs is 1. The first-order valence-corrected chi connectivity index (χ1v) is 7.62. The van der Waals surface area contributed by atoms with Crippen molar-refractivity contribution in [3.05, 3.63) is 70.6 Å². The second-order valence-corrected chi connectivity index (χ2v) is 5.69. The second-order valence-electron chi connectivity index (χ2n) is 5.69. The van der Waals surface area contributed by atoms with Crippen LogP contribution in [0.25, 0.3) is 16.5 Å². The molecule has 5 nitrogen and oxygen atoms in total. The minimum absolute atomic E-state index is 0.227. The molecule has 0 saturated heterocycles. The molecule has 4 rings (SSSR count). The number of benzene rings is 2. The lowest BCUT2D eigenvalue weighted by Crippen LogP contribution is -2.31. The molecule has 0 radical (unpaired) electrons. The molecule has 1 fully saturated rings. The number of rotatable bonds is 3. The minimum atomic E-state index is -0.228. The molecule has 0 bridgehead atoms. The Morgan fingerprint density at radius 1 is 1.00 bits per heavy atom. The average Bonchev–Trinajstić information content (AvgIpc) is 3.40. The standard InChI is InChI=1S/C18H15N3O2/c22-17(19-12-10-11-12)16-14-8-4-5-9-15(14)18(23)21(20-16)13-6-2-1-3-7-13/h1-9,12H,10-11H2,(H,19,22). The van der Waals surface area contributed by atoms with Gasteiger partial charge in [-0.05, 0) is 31.0 Å². The van der Waals surface area contributed by atoms with Crippen LogP contribution >= 0.6 is 0 Å². The van der Waals surface area contributed by atoms with Gasteiger partial charge >= 0.3 is 0 Å². The topological polar surface area (TPSA) is 64.0 Å². The lowest BCUT2D eigenvalue weighted by atomic mass is 10.1. The minimum Gasteiger partial charge on any atom is -0.348 e. The van der Waals surface area contributed by atoms with E-state index in [0.717, 1.165) is 12.8 Å². The van der Waals surface area contributed by atoms with Gasteiger partial charge in [0.05, 0.1) is 11.1 Å². The Hall–Kier alpha value is -2.95. The van der Waals surface area contributed by atoms with Gasteiger partial charge in [-0.15, -0.1) is 0 Å². The molecule has 0 aliphatic heterocycles. The van der Waals surface area contributed by atoms with E-state index in [1.807, 2.05) is 24.3 Å². The van der Waals surface area contributed by atoms with Crippen LogP contribution < -0.4 is 10.9 Å². The number of aromatic nitrogens is 2. The fraction of sp³-hybridized carbons (Fsp3) is 0.167. The number of nitrogens with one attached hydrogen (secondary N) is 1. The smallest absolute Gasteiger partial charge is 0.279 e. The molecule has 1 saturated carbocycles. The van der Waals surface area contributed by atoms with E-state index in [-0.39, 0.29) is 23.2 Å². The third kappa shape index (κ3) is 2.50. The summed E-state index contributed by atoms with van der Waals surface area (Å²) in [6.07, 6.45) is 2.00. The first-order valence-electron chi connectivity index (χ1n) is 7.62. The third-order valence-electron chi connectivity index (χ3n) is 3.93. The molecule has 1 heterocycles. The van der Waals surface area contributed by atoms with Gasteiger partial charge in [-0.1, -0.05) is 36.4 Å². The van der Waals surface area contributed by atoms with E-state index in [1.165, 1.54) is 4.68 Å². The van der Waals surface area contributed by atoms with Crippen LogP contribution in [0.2, 0.25) is 0 Å². The Morgan fingerprint density at radius 3 is 2.35 bits per heavy atom. The van der Waals surface area contributed by atoms with Crippen LogP contribution in [0.5, 0.6) is 0 Å². The van der Waals surface area contributed by atoms with Gasteiger partial charge in [0, 0.05) is 11.4 Å². The molecule has 5 heteroatoms. The fourth-order valence-corrected chi connectivity index (χ4v) is 2.58. The highest BCUT2D eigenvalue weighted by Gasteiger charge is 2.26. The number of nitrogens with zero attached hydrogens (tertiary/aromatic N) is 2. The molecule has 1 amide bonds. The van der Waals surface area contributed by atoms with E-state index in [2.05, 4.69) is 10.4 Å². The quantitative estimate of drug-likeness (QED) is 0.807. The summed E-state index contributed by atoms with van der Waals surface area (Å²) in [5.74, 6) is -0.228. The summed E-state index contributed by atoms with van der Waals surface area (Å²) in [4.78, 5) is 25.2. The number of para-hydroxylation sites is 1. The van der Waals surface area contributed by atoms with Crippen molar-refractivity contribution in [1.29, 1.82) is 0 Å². The molecule has 2 aromatic carbocycles. The summed E-state index contributed by atoms with van der Waals surface area (Å²) in [7, 11) is 0. The van der Waals surface area contributed by atoms with Gasteiger partial charge < -0.3 is 5.32 Å². The van der Waals surface area contributed by atoms with Gasteiger partial charge in [0.25, 0.3) is 11.5 Å². The van der Waals surface area contributed by atoms with Crippen LogP contribution in [0.4, 0.5) is 0 Å². The summed E-state index contributed by atoms with van der Waals surface area (Å²) >= 11 is 0. The molecule has 1 N–H and O–H groups in total. The lowest BCUT2D eigenvalue weighted by molar-refractivity contribution is 0.0946. The van der Waals surface area contributed by atoms with Crippen LogP contribution in [0, 0.1) is 0 Å². The zero-order valence-corrected chi connectivity index (χ0v) is 12.4. The highest BCUT2D eigenvalue weighted by molar-refractivity contribution is 6.05. The summed E-state index contributed by atoms with van der Waals surface area (Å²) in [6, 6.07) is 16.5. The molecule has 1 aromatic heterocycles. The first kappa shape index (κ1) is 13.7. The zero-order chi connectivity index (χ0) is 15.8. The maximum Gasteiger partial charge on any atom is 0.279 e.